The van der Waals surface area contributed by atoms with Crippen LogP contribution in [0.5, 0.6) is 0 Å². The second-order valence-corrected chi connectivity index (χ2v) is 6.65. The zero-order valence-electron chi connectivity index (χ0n) is 15.9. The molecule has 1 aromatic heterocycles. The van der Waals surface area contributed by atoms with Gasteiger partial charge in [-0.1, -0.05) is 30.3 Å². The fraction of sp³-hybridized carbons (Fsp3) is 0.450. The number of rotatable bonds is 5. The van der Waals surface area contributed by atoms with Crippen LogP contribution in [0.4, 0.5) is 0 Å². The summed E-state index contributed by atoms with van der Waals surface area (Å²) in [6.45, 7) is 4.78. The molecule has 1 aliphatic heterocycles. The molecule has 2 aromatic rings. The molecule has 0 bridgehead atoms. The Hall–Kier alpha value is -2.67. The molecule has 3 rings (SSSR count). The SMILES string of the molecule is CCOC(=O)c1nccn1CC1(c2ccccc2)CCN(C)CC1.O=CO. The van der Waals surface area contributed by atoms with Gasteiger partial charge in [0.2, 0.25) is 5.82 Å². The second kappa shape index (κ2) is 9.87. The van der Waals surface area contributed by atoms with Crippen LogP contribution in [-0.4, -0.2) is 58.7 Å². The fourth-order valence-electron chi connectivity index (χ4n) is 3.52. The Morgan fingerprint density at radius 2 is 1.93 bits per heavy atom. The molecule has 7 heteroatoms. The van der Waals surface area contributed by atoms with Gasteiger partial charge in [0.25, 0.3) is 6.47 Å². The first-order chi connectivity index (χ1) is 13.1. The zero-order chi connectivity index (χ0) is 19.7. The lowest BCUT2D eigenvalue weighted by Crippen LogP contribution is -2.43. The Bertz CT molecular complexity index is 722. The van der Waals surface area contributed by atoms with Crippen molar-refractivity contribution in [3.63, 3.8) is 0 Å². The number of carboxylic acid groups (broad SMARTS) is 1. The number of benzene rings is 1. The minimum atomic E-state index is -0.348. The lowest BCUT2D eigenvalue weighted by atomic mass is 9.72. The Labute approximate surface area is 159 Å². The van der Waals surface area contributed by atoms with E-state index in [0.29, 0.717) is 12.4 Å². The molecule has 1 aromatic carbocycles. The molecular formula is C20H27N3O4. The van der Waals surface area contributed by atoms with Gasteiger partial charge in [0.05, 0.1) is 6.61 Å². The summed E-state index contributed by atoms with van der Waals surface area (Å²) in [4.78, 5) is 27.1. The van der Waals surface area contributed by atoms with Gasteiger partial charge in [-0.3, -0.25) is 4.79 Å². The first-order valence-electron chi connectivity index (χ1n) is 9.06. The summed E-state index contributed by atoms with van der Waals surface area (Å²) in [6.07, 6.45) is 5.69. The minimum absolute atomic E-state index is 0.0235. The van der Waals surface area contributed by atoms with Crippen molar-refractivity contribution < 1.29 is 19.4 Å². The molecule has 0 saturated carbocycles. The summed E-state index contributed by atoms with van der Waals surface area (Å²) < 4.78 is 7.10. The maximum atomic E-state index is 12.1. The third kappa shape index (κ3) is 5.17. The van der Waals surface area contributed by atoms with Crippen LogP contribution < -0.4 is 0 Å². The number of hydrogen-bond acceptors (Lipinski definition) is 5. The van der Waals surface area contributed by atoms with E-state index in [-0.39, 0.29) is 17.9 Å². The number of likely N-dealkylation sites (tertiary alicyclic amines) is 1. The van der Waals surface area contributed by atoms with Crippen LogP contribution >= 0.6 is 0 Å². The van der Waals surface area contributed by atoms with E-state index in [2.05, 4.69) is 41.2 Å². The van der Waals surface area contributed by atoms with Crippen molar-refractivity contribution in [3.05, 3.63) is 54.1 Å². The largest absolute Gasteiger partial charge is 0.483 e. The van der Waals surface area contributed by atoms with Gasteiger partial charge in [-0.2, -0.15) is 0 Å². The Kier molecular flexibility index (Phi) is 7.55. The van der Waals surface area contributed by atoms with Gasteiger partial charge in [0.1, 0.15) is 0 Å². The summed E-state index contributed by atoms with van der Waals surface area (Å²) >= 11 is 0. The lowest BCUT2D eigenvalue weighted by Gasteiger charge is -2.41. The molecule has 0 aliphatic carbocycles. The molecule has 0 spiro atoms. The number of carbonyl (C=O) groups is 2. The van der Waals surface area contributed by atoms with E-state index < -0.39 is 0 Å². The Morgan fingerprint density at radius 3 is 2.52 bits per heavy atom. The molecule has 1 saturated heterocycles. The van der Waals surface area contributed by atoms with Crippen molar-refractivity contribution in [1.82, 2.24) is 14.5 Å². The van der Waals surface area contributed by atoms with Crippen molar-refractivity contribution in [2.45, 2.75) is 31.7 Å². The van der Waals surface area contributed by atoms with E-state index in [1.54, 1.807) is 6.20 Å². The van der Waals surface area contributed by atoms with Crippen molar-refractivity contribution in [2.75, 3.05) is 26.7 Å². The van der Waals surface area contributed by atoms with Gasteiger partial charge in [0, 0.05) is 24.4 Å². The highest BCUT2D eigenvalue weighted by Gasteiger charge is 2.36. The summed E-state index contributed by atoms with van der Waals surface area (Å²) in [7, 11) is 2.16. The van der Waals surface area contributed by atoms with E-state index >= 15 is 0 Å². The van der Waals surface area contributed by atoms with Crippen LogP contribution in [-0.2, 0) is 21.5 Å². The molecule has 0 amide bonds. The van der Waals surface area contributed by atoms with Gasteiger partial charge >= 0.3 is 5.97 Å². The van der Waals surface area contributed by atoms with Crippen LogP contribution in [0, 0.1) is 0 Å². The van der Waals surface area contributed by atoms with Crippen molar-refractivity contribution >= 4 is 12.4 Å². The number of imidazole rings is 1. The predicted molar refractivity (Wildman–Crippen MR) is 102 cm³/mol. The lowest BCUT2D eigenvalue weighted by molar-refractivity contribution is -0.122. The molecule has 146 valence electrons. The first kappa shape index (κ1) is 20.6. The Balaban J connectivity index is 0.000000817. The molecule has 0 atom stereocenters. The van der Waals surface area contributed by atoms with E-state index in [1.807, 2.05) is 23.8 Å². The molecule has 0 unspecified atom stereocenters. The summed E-state index contributed by atoms with van der Waals surface area (Å²) in [5, 5.41) is 6.89. The number of piperidine rings is 1. The van der Waals surface area contributed by atoms with Crippen molar-refractivity contribution in [2.24, 2.45) is 0 Å². The van der Waals surface area contributed by atoms with Gasteiger partial charge in [-0.25, -0.2) is 9.78 Å². The van der Waals surface area contributed by atoms with Crippen LogP contribution in [0.2, 0.25) is 0 Å². The van der Waals surface area contributed by atoms with E-state index in [0.717, 1.165) is 32.5 Å². The normalized spacial score (nSPS) is 16.1. The van der Waals surface area contributed by atoms with Crippen LogP contribution in [0.15, 0.2) is 42.7 Å². The van der Waals surface area contributed by atoms with E-state index in [4.69, 9.17) is 14.6 Å². The van der Waals surface area contributed by atoms with Gasteiger partial charge in [-0.05, 0) is 45.5 Å². The highest BCUT2D eigenvalue weighted by Crippen LogP contribution is 2.37. The minimum Gasteiger partial charge on any atom is -0.483 e. The topological polar surface area (TPSA) is 84.7 Å². The summed E-state index contributed by atoms with van der Waals surface area (Å²) in [6, 6.07) is 10.6. The molecule has 1 aliphatic rings. The highest BCUT2D eigenvalue weighted by molar-refractivity contribution is 5.85. The fourth-order valence-corrected chi connectivity index (χ4v) is 3.52. The van der Waals surface area contributed by atoms with Crippen molar-refractivity contribution in [1.29, 1.82) is 0 Å². The number of carbonyl (C=O) groups excluding carboxylic acids is 1. The molecule has 0 radical (unpaired) electrons. The number of ether oxygens (including phenoxy) is 1. The van der Waals surface area contributed by atoms with Gasteiger partial charge < -0.3 is 19.3 Å². The average Bonchev–Trinajstić information content (AvgIpc) is 3.13. The number of hydrogen-bond donors (Lipinski definition) is 1. The second-order valence-electron chi connectivity index (χ2n) is 6.65. The zero-order valence-corrected chi connectivity index (χ0v) is 15.9. The maximum absolute atomic E-state index is 12.1. The summed E-state index contributed by atoms with van der Waals surface area (Å²) in [5.74, 6) is 0.0460. The van der Waals surface area contributed by atoms with Crippen LogP contribution in [0.3, 0.4) is 0 Å². The highest BCUT2D eigenvalue weighted by atomic mass is 16.5. The molecule has 1 N–H and O–H groups in total. The maximum Gasteiger partial charge on any atom is 0.374 e. The molecule has 7 nitrogen and oxygen atoms in total. The summed E-state index contributed by atoms with van der Waals surface area (Å²) in [5.41, 5.74) is 1.36. The smallest absolute Gasteiger partial charge is 0.374 e. The van der Waals surface area contributed by atoms with Crippen LogP contribution in [0.25, 0.3) is 0 Å². The Morgan fingerprint density at radius 1 is 1.30 bits per heavy atom. The van der Waals surface area contributed by atoms with Gasteiger partial charge in [0.15, 0.2) is 0 Å². The molecule has 1 fully saturated rings. The van der Waals surface area contributed by atoms with E-state index in [1.165, 1.54) is 5.56 Å². The molecular weight excluding hydrogens is 346 g/mol. The quantitative estimate of drug-likeness (QED) is 0.640. The van der Waals surface area contributed by atoms with E-state index in [9.17, 15) is 4.79 Å². The van der Waals surface area contributed by atoms with Gasteiger partial charge in [-0.15, -0.1) is 0 Å². The number of aromatic nitrogens is 2. The predicted octanol–water partition coefficient (Wildman–Crippen LogP) is 2.42. The average molecular weight is 373 g/mol. The van der Waals surface area contributed by atoms with Crippen molar-refractivity contribution in [3.8, 4) is 0 Å². The standard InChI is InChI=1S/C19H25N3O2.CH2O2/c1-3-24-18(23)17-20-11-14-22(17)15-19(9-12-21(2)13-10-19)16-7-5-4-6-8-16;2-1-3/h4-8,11,14H,3,9-10,12-13,15H2,1-2H3;1H,(H,2,3). The monoisotopic (exact) mass is 373 g/mol. The third-order valence-electron chi connectivity index (χ3n) is 4.98. The van der Waals surface area contributed by atoms with Crippen LogP contribution in [0.1, 0.15) is 35.9 Å². The molecule has 2 heterocycles. The third-order valence-corrected chi connectivity index (χ3v) is 4.98. The number of nitrogens with zero attached hydrogens (tertiary/aromatic N) is 3. The first-order valence-corrected chi connectivity index (χ1v) is 9.06. The number of esters is 1. The molecule has 27 heavy (non-hydrogen) atoms.